The predicted molar refractivity (Wildman–Crippen MR) is 83.1 cm³/mol. The number of hydrogen-bond acceptors (Lipinski definition) is 3. The Morgan fingerprint density at radius 1 is 1.19 bits per heavy atom. The smallest absolute Gasteiger partial charge is 0.251 e. The van der Waals surface area contributed by atoms with Crippen molar-refractivity contribution in [3.05, 3.63) is 65.2 Å². The summed E-state index contributed by atoms with van der Waals surface area (Å²) >= 11 is 1.83. The second-order valence-electron chi connectivity index (χ2n) is 4.89. The van der Waals surface area contributed by atoms with Crippen LogP contribution in [-0.2, 0) is 0 Å². The van der Waals surface area contributed by atoms with E-state index in [1.807, 2.05) is 23.9 Å². The van der Waals surface area contributed by atoms with Crippen LogP contribution in [0.3, 0.4) is 0 Å². The fraction of sp³-hybridized carbons (Fsp3) is 0.176. The van der Waals surface area contributed by atoms with Gasteiger partial charge in [0.25, 0.3) is 5.91 Å². The third kappa shape index (κ3) is 2.93. The van der Waals surface area contributed by atoms with Crippen LogP contribution in [-0.4, -0.2) is 11.7 Å². The topological polar surface area (TPSA) is 52.9 Å². The van der Waals surface area contributed by atoms with Crippen molar-refractivity contribution in [2.45, 2.75) is 17.4 Å². The lowest BCUT2D eigenvalue weighted by Crippen LogP contribution is -2.30. The lowest BCUT2D eigenvalue weighted by atomic mass is 10.0. The van der Waals surface area contributed by atoms with Crippen LogP contribution < -0.4 is 5.32 Å². The number of fused-ring (bicyclic) bond motifs is 1. The number of amides is 1. The first kappa shape index (κ1) is 13.7. The van der Waals surface area contributed by atoms with Crippen LogP contribution in [0.2, 0.25) is 0 Å². The Labute approximate surface area is 128 Å². The molecule has 1 aliphatic rings. The number of nitriles is 1. The van der Waals surface area contributed by atoms with E-state index < -0.39 is 0 Å². The van der Waals surface area contributed by atoms with E-state index >= 15 is 0 Å². The van der Waals surface area contributed by atoms with E-state index in [1.165, 1.54) is 10.5 Å². The fourth-order valence-electron chi connectivity index (χ4n) is 2.43. The SMILES string of the molecule is N#Cc1ccc(C(=O)N[C@@H]2CCSc3ccccc32)cc1. The zero-order valence-corrected chi connectivity index (χ0v) is 12.2. The van der Waals surface area contributed by atoms with Crippen LogP contribution in [0.25, 0.3) is 0 Å². The molecule has 0 bridgehead atoms. The highest BCUT2D eigenvalue weighted by atomic mass is 32.2. The Hall–Kier alpha value is -2.25. The third-order valence-corrected chi connectivity index (χ3v) is 4.66. The van der Waals surface area contributed by atoms with E-state index in [9.17, 15) is 4.79 Å². The van der Waals surface area contributed by atoms with Gasteiger partial charge in [-0.25, -0.2) is 0 Å². The van der Waals surface area contributed by atoms with Crippen LogP contribution in [0.4, 0.5) is 0 Å². The molecule has 0 aromatic heterocycles. The van der Waals surface area contributed by atoms with Crippen molar-refractivity contribution in [1.29, 1.82) is 5.26 Å². The maximum Gasteiger partial charge on any atom is 0.251 e. The summed E-state index contributed by atoms with van der Waals surface area (Å²) < 4.78 is 0. The average molecular weight is 294 g/mol. The van der Waals surface area contributed by atoms with Gasteiger partial charge in [0.2, 0.25) is 0 Å². The molecule has 0 aliphatic carbocycles. The van der Waals surface area contributed by atoms with E-state index in [0.717, 1.165) is 12.2 Å². The lowest BCUT2D eigenvalue weighted by Gasteiger charge is -2.25. The van der Waals surface area contributed by atoms with E-state index in [-0.39, 0.29) is 11.9 Å². The van der Waals surface area contributed by atoms with Crippen LogP contribution in [0, 0.1) is 11.3 Å². The molecule has 21 heavy (non-hydrogen) atoms. The largest absolute Gasteiger partial charge is 0.345 e. The van der Waals surface area contributed by atoms with Crippen molar-refractivity contribution in [3.63, 3.8) is 0 Å². The molecular formula is C17H14N2OS. The number of nitrogens with zero attached hydrogens (tertiary/aromatic N) is 1. The molecule has 3 nitrogen and oxygen atoms in total. The van der Waals surface area contributed by atoms with Crippen LogP contribution in [0.1, 0.15) is 33.9 Å². The summed E-state index contributed by atoms with van der Waals surface area (Å²) in [7, 11) is 0. The molecule has 2 aromatic carbocycles. The van der Waals surface area contributed by atoms with E-state index in [0.29, 0.717) is 11.1 Å². The van der Waals surface area contributed by atoms with Crippen molar-refractivity contribution in [3.8, 4) is 6.07 Å². The molecule has 0 saturated carbocycles. The third-order valence-electron chi connectivity index (χ3n) is 3.54. The predicted octanol–water partition coefficient (Wildman–Crippen LogP) is 3.53. The van der Waals surface area contributed by atoms with Gasteiger partial charge in [-0.05, 0) is 42.3 Å². The van der Waals surface area contributed by atoms with Gasteiger partial charge in [-0.1, -0.05) is 18.2 Å². The normalized spacial score (nSPS) is 16.6. The molecular weight excluding hydrogens is 280 g/mol. The van der Waals surface area contributed by atoms with Crippen LogP contribution in [0.15, 0.2) is 53.4 Å². The van der Waals surface area contributed by atoms with E-state index in [1.54, 1.807) is 24.3 Å². The van der Waals surface area contributed by atoms with Crippen LogP contribution in [0.5, 0.6) is 0 Å². The molecule has 0 spiro atoms. The van der Waals surface area contributed by atoms with Gasteiger partial charge < -0.3 is 5.32 Å². The Morgan fingerprint density at radius 2 is 1.95 bits per heavy atom. The van der Waals surface area contributed by atoms with E-state index in [4.69, 9.17) is 5.26 Å². The average Bonchev–Trinajstić information content (AvgIpc) is 2.55. The molecule has 0 saturated heterocycles. The van der Waals surface area contributed by atoms with Crippen molar-refractivity contribution >= 4 is 17.7 Å². The van der Waals surface area contributed by atoms with Crippen molar-refractivity contribution < 1.29 is 4.79 Å². The Bertz CT molecular complexity index is 703. The molecule has 1 atom stereocenters. The maximum atomic E-state index is 12.3. The van der Waals surface area contributed by atoms with Gasteiger partial charge in [0.05, 0.1) is 17.7 Å². The number of nitrogens with one attached hydrogen (secondary N) is 1. The highest BCUT2D eigenvalue weighted by molar-refractivity contribution is 7.99. The molecule has 4 heteroatoms. The van der Waals surface area contributed by atoms with Gasteiger partial charge in [0.1, 0.15) is 0 Å². The molecule has 0 fully saturated rings. The number of hydrogen-bond donors (Lipinski definition) is 1. The highest BCUT2D eigenvalue weighted by Gasteiger charge is 2.22. The number of carbonyl (C=O) groups is 1. The van der Waals surface area contributed by atoms with Crippen LogP contribution >= 0.6 is 11.8 Å². The van der Waals surface area contributed by atoms with Gasteiger partial charge in [-0.2, -0.15) is 5.26 Å². The first-order chi connectivity index (χ1) is 10.3. The summed E-state index contributed by atoms with van der Waals surface area (Å²) in [5.74, 6) is 0.918. The Morgan fingerprint density at radius 3 is 2.71 bits per heavy atom. The Kier molecular flexibility index (Phi) is 3.94. The van der Waals surface area contributed by atoms with Gasteiger partial charge in [-0.3, -0.25) is 4.79 Å². The fourth-order valence-corrected chi connectivity index (χ4v) is 3.55. The standard InChI is InChI=1S/C17H14N2OS/c18-11-12-5-7-13(8-6-12)17(20)19-15-9-10-21-16-4-2-1-3-14(15)16/h1-8,15H,9-10H2,(H,19,20)/t15-/m1/s1. The lowest BCUT2D eigenvalue weighted by molar-refractivity contribution is 0.0935. The number of rotatable bonds is 2. The van der Waals surface area contributed by atoms with Gasteiger partial charge in [-0.15, -0.1) is 11.8 Å². The molecule has 1 aliphatic heterocycles. The zero-order valence-electron chi connectivity index (χ0n) is 11.4. The summed E-state index contributed by atoms with van der Waals surface area (Å²) in [6.07, 6.45) is 0.934. The maximum absolute atomic E-state index is 12.3. The van der Waals surface area contributed by atoms with Crippen molar-refractivity contribution in [1.82, 2.24) is 5.32 Å². The number of benzene rings is 2. The second kappa shape index (κ2) is 6.02. The van der Waals surface area contributed by atoms with Crippen molar-refractivity contribution in [2.24, 2.45) is 0 Å². The zero-order chi connectivity index (χ0) is 14.7. The number of carbonyl (C=O) groups excluding carboxylic acids is 1. The molecule has 104 valence electrons. The monoisotopic (exact) mass is 294 g/mol. The first-order valence-electron chi connectivity index (χ1n) is 6.80. The molecule has 1 heterocycles. The molecule has 3 rings (SSSR count). The molecule has 1 amide bonds. The summed E-state index contributed by atoms with van der Waals surface area (Å²) in [6, 6.07) is 17.0. The molecule has 0 radical (unpaired) electrons. The van der Waals surface area contributed by atoms with Gasteiger partial charge in [0, 0.05) is 16.2 Å². The van der Waals surface area contributed by atoms with E-state index in [2.05, 4.69) is 23.5 Å². The van der Waals surface area contributed by atoms with Gasteiger partial charge >= 0.3 is 0 Å². The Balaban J connectivity index is 1.78. The summed E-state index contributed by atoms with van der Waals surface area (Å²) in [5, 5.41) is 11.9. The minimum Gasteiger partial charge on any atom is -0.345 e. The second-order valence-corrected chi connectivity index (χ2v) is 6.03. The summed E-state index contributed by atoms with van der Waals surface area (Å²) in [6.45, 7) is 0. The minimum absolute atomic E-state index is 0.0607. The highest BCUT2D eigenvalue weighted by Crippen LogP contribution is 2.35. The molecule has 1 N–H and O–H groups in total. The minimum atomic E-state index is -0.0915. The summed E-state index contributed by atoms with van der Waals surface area (Å²) in [5.41, 5.74) is 2.34. The molecule has 2 aromatic rings. The van der Waals surface area contributed by atoms with Gasteiger partial charge in [0.15, 0.2) is 0 Å². The first-order valence-corrected chi connectivity index (χ1v) is 7.79. The summed E-state index contributed by atoms with van der Waals surface area (Å²) in [4.78, 5) is 13.6. The van der Waals surface area contributed by atoms with Crippen molar-refractivity contribution in [2.75, 3.05) is 5.75 Å². The molecule has 0 unspecified atom stereocenters. The number of thioether (sulfide) groups is 1. The quantitative estimate of drug-likeness (QED) is 0.922.